The number of amides is 4. The zero-order valence-corrected chi connectivity index (χ0v) is 13.6. The third-order valence-corrected chi connectivity index (χ3v) is 3.14. The Hall–Kier alpha value is -2.32. The molecule has 0 radical (unpaired) electrons. The molecule has 0 atom stereocenters. The summed E-state index contributed by atoms with van der Waals surface area (Å²) < 4.78 is 0. The van der Waals surface area contributed by atoms with Crippen molar-refractivity contribution >= 4 is 23.8 Å². The average molecular weight is 330 g/mol. The Bertz CT molecular complexity index is 396. The zero-order chi connectivity index (χ0) is 17.7. The molecular weight excluding hydrogens is 304 g/mol. The molecular formula is C14H26N4O5. The molecule has 0 unspecified atom stereocenters. The Kier molecular flexibility index (Phi) is 11.0. The SMILES string of the molecule is CNC(=O)CC(CC(=O)NC)NC(=O)CCCCCNC(=O)O. The second-order valence-corrected chi connectivity index (χ2v) is 5.06. The Labute approximate surface area is 135 Å². The number of rotatable bonds is 11. The van der Waals surface area contributed by atoms with Gasteiger partial charge in [0.15, 0.2) is 0 Å². The fraction of sp³-hybridized carbons (Fsp3) is 0.714. The molecule has 23 heavy (non-hydrogen) atoms. The Morgan fingerprint density at radius 2 is 1.43 bits per heavy atom. The maximum Gasteiger partial charge on any atom is 0.404 e. The lowest BCUT2D eigenvalue weighted by Crippen LogP contribution is -2.41. The van der Waals surface area contributed by atoms with Crippen LogP contribution in [-0.4, -0.2) is 55.6 Å². The maximum atomic E-state index is 11.8. The predicted molar refractivity (Wildman–Crippen MR) is 83.8 cm³/mol. The van der Waals surface area contributed by atoms with Crippen LogP contribution < -0.4 is 21.3 Å². The van der Waals surface area contributed by atoms with Crippen molar-refractivity contribution in [2.75, 3.05) is 20.6 Å². The highest BCUT2D eigenvalue weighted by Crippen LogP contribution is 2.03. The third kappa shape index (κ3) is 12.0. The Morgan fingerprint density at radius 3 is 1.91 bits per heavy atom. The molecule has 0 saturated heterocycles. The van der Waals surface area contributed by atoms with E-state index in [4.69, 9.17) is 5.11 Å². The van der Waals surface area contributed by atoms with Crippen LogP contribution in [0.2, 0.25) is 0 Å². The van der Waals surface area contributed by atoms with Crippen molar-refractivity contribution in [3.8, 4) is 0 Å². The molecule has 9 heteroatoms. The van der Waals surface area contributed by atoms with Crippen LogP contribution in [0.5, 0.6) is 0 Å². The van der Waals surface area contributed by atoms with E-state index in [0.29, 0.717) is 25.8 Å². The van der Waals surface area contributed by atoms with E-state index >= 15 is 0 Å². The summed E-state index contributed by atoms with van der Waals surface area (Å²) >= 11 is 0. The third-order valence-electron chi connectivity index (χ3n) is 3.14. The summed E-state index contributed by atoms with van der Waals surface area (Å²) in [6.45, 7) is 0.354. The summed E-state index contributed by atoms with van der Waals surface area (Å²) in [5.41, 5.74) is 0. The fourth-order valence-electron chi connectivity index (χ4n) is 1.91. The zero-order valence-electron chi connectivity index (χ0n) is 13.6. The van der Waals surface area contributed by atoms with E-state index in [2.05, 4.69) is 21.3 Å². The summed E-state index contributed by atoms with van der Waals surface area (Å²) in [5.74, 6) is -0.730. The van der Waals surface area contributed by atoms with Crippen LogP contribution in [-0.2, 0) is 14.4 Å². The van der Waals surface area contributed by atoms with Crippen LogP contribution in [0.25, 0.3) is 0 Å². The highest BCUT2D eigenvalue weighted by atomic mass is 16.4. The molecule has 0 aliphatic heterocycles. The molecule has 0 aromatic carbocycles. The van der Waals surface area contributed by atoms with E-state index in [1.54, 1.807) is 0 Å². The van der Waals surface area contributed by atoms with Crippen molar-refractivity contribution < 1.29 is 24.3 Å². The van der Waals surface area contributed by atoms with Crippen LogP contribution in [0.1, 0.15) is 38.5 Å². The summed E-state index contributed by atoms with van der Waals surface area (Å²) in [6.07, 6.45) is 1.26. The maximum absolute atomic E-state index is 11.8. The summed E-state index contributed by atoms with van der Waals surface area (Å²) in [4.78, 5) is 44.9. The van der Waals surface area contributed by atoms with Gasteiger partial charge in [0.2, 0.25) is 17.7 Å². The van der Waals surface area contributed by atoms with Gasteiger partial charge in [-0.3, -0.25) is 14.4 Å². The molecule has 0 aromatic rings. The van der Waals surface area contributed by atoms with E-state index in [1.807, 2.05) is 0 Å². The van der Waals surface area contributed by atoms with Gasteiger partial charge in [0.1, 0.15) is 0 Å². The number of carboxylic acid groups (broad SMARTS) is 1. The normalized spacial score (nSPS) is 10.0. The summed E-state index contributed by atoms with van der Waals surface area (Å²) in [6, 6.07) is -0.545. The smallest absolute Gasteiger partial charge is 0.404 e. The van der Waals surface area contributed by atoms with Gasteiger partial charge >= 0.3 is 6.09 Å². The monoisotopic (exact) mass is 330 g/mol. The molecule has 9 nitrogen and oxygen atoms in total. The minimum Gasteiger partial charge on any atom is -0.465 e. The Morgan fingerprint density at radius 1 is 0.870 bits per heavy atom. The topological polar surface area (TPSA) is 137 Å². The van der Waals surface area contributed by atoms with Crippen LogP contribution in [0.3, 0.4) is 0 Å². The number of unbranched alkanes of at least 4 members (excludes halogenated alkanes) is 2. The van der Waals surface area contributed by atoms with Gasteiger partial charge in [-0.05, 0) is 12.8 Å². The molecule has 0 fully saturated rings. The number of hydrogen-bond donors (Lipinski definition) is 5. The molecule has 0 heterocycles. The number of nitrogens with one attached hydrogen (secondary N) is 4. The van der Waals surface area contributed by atoms with Gasteiger partial charge in [0.25, 0.3) is 0 Å². The largest absolute Gasteiger partial charge is 0.465 e. The molecule has 0 saturated carbocycles. The van der Waals surface area contributed by atoms with Crippen LogP contribution in [0.4, 0.5) is 4.79 Å². The lowest BCUT2D eigenvalue weighted by atomic mass is 10.1. The average Bonchev–Trinajstić information content (AvgIpc) is 2.49. The lowest BCUT2D eigenvalue weighted by Gasteiger charge is -2.17. The van der Waals surface area contributed by atoms with E-state index < -0.39 is 12.1 Å². The first-order valence-electron chi connectivity index (χ1n) is 7.56. The van der Waals surface area contributed by atoms with Crippen LogP contribution >= 0.6 is 0 Å². The first-order chi connectivity index (χ1) is 10.9. The van der Waals surface area contributed by atoms with Gasteiger partial charge in [-0.15, -0.1) is 0 Å². The standard InChI is InChI=1S/C14H26N4O5/c1-15-12(20)8-10(9-13(21)16-2)18-11(19)6-4-3-5-7-17-14(22)23/h10,17H,3-9H2,1-2H3,(H,15,20)(H,16,21)(H,18,19)(H,22,23). The highest BCUT2D eigenvalue weighted by Gasteiger charge is 2.18. The summed E-state index contributed by atoms with van der Waals surface area (Å²) in [7, 11) is 2.98. The van der Waals surface area contributed by atoms with Crippen molar-refractivity contribution in [1.82, 2.24) is 21.3 Å². The minimum absolute atomic E-state index is 0.0399. The number of hydrogen-bond acceptors (Lipinski definition) is 4. The highest BCUT2D eigenvalue weighted by molar-refractivity contribution is 5.82. The van der Waals surface area contributed by atoms with Crippen molar-refractivity contribution in [2.45, 2.75) is 44.6 Å². The van der Waals surface area contributed by atoms with E-state index in [0.717, 1.165) is 0 Å². The number of carbonyl (C=O) groups excluding carboxylic acids is 3. The summed E-state index contributed by atoms with van der Waals surface area (Å²) in [5, 5.41) is 18.3. The molecule has 0 rings (SSSR count). The van der Waals surface area contributed by atoms with E-state index in [-0.39, 0.29) is 37.0 Å². The van der Waals surface area contributed by atoms with Gasteiger partial charge in [0.05, 0.1) is 0 Å². The first kappa shape index (κ1) is 20.7. The van der Waals surface area contributed by atoms with E-state index in [9.17, 15) is 19.2 Å². The van der Waals surface area contributed by atoms with Crippen molar-refractivity contribution in [3.63, 3.8) is 0 Å². The minimum atomic E-state index is -1.06. The molecule has 4 amide bonds. The van der Waals surface area contributed by atoms with Gasteiger partial charge in [-0.1, -0.05) is 6.42 Å². The lowest BCUT2D eigenvalue weighted by molar-refractivity contribution is -0.125. The molecule has 0 bridgehead atoms. The predicted octanol–water partition coefficient (Wildman–Crippen LogP) is -0.429. The van der Waals surface area contributed by atoms with Crippen LogP contribution in [0.15, 0.2) is 0 Å². The quantitative estimate of drug-likeness (QED) is 0.327. The van der Waals surface area contributed by atoms with Crippen LogP contribution in [0, 0.1) is 0 Å². The van der Waals surface area contributed by atoms with E-state index in [1.165, 1.54) is 14.1 Å². The van der Waals surface area contributed by atoms with Crippen molar-refractivity contribution in [3.05, 3.63) is 0 Å². The fourth-order valence-corrected chi connectivity index (χ4v) is 1.91. The van der Waals surface area contributed by atoms with Crippen molar-refractivity contribution in [1.29, 1.82) is 0 Å². The molecule has 132 valence electrons. The van der Waals surface area contributed by atoms with Crippen molar-refractivity contribution in [2.24, 2.45) is 0 Å². The molecule has 0 aliphatic carbocycles. The van der Waals surface area contributed by atoms with Gasteiger partial charge in [0, 0.05) is 45.9 Å². The van der Waals surface area contributed by atoms with Gasteiger partial charge in [-0.25, -0.2) is 4.79 Å². The van der Waals surface area contributed by atoms with Gasteiger partial charge < -0.3 is 26.4 Å². The molecule has 0 spiro atoms. The molecule has 0 aromatic heterocycles. The van der Waals surface area contributed by atoms with Gasteiger partial charge in [-0.2, -0.15) is 0 Å². The Balaban J connectivity index is 4.08. The molecule has 0 aliphatic rings. The second-order valence-electron chi connectivity index (χ2n) is 5.06. The molecule has 5 N–H and O–H groups in total. The second kappa shape index (κ2) is 12.2. The number of carbonyl (C=O) groups is 4. The first-order valence-corrected chi connectivity index (χ1v) is 7.56.